The van der Waals surface area contributed by atoms with Gasteiger partial charge in [-0.2, -0.15) is 0 Å². The molecule has 0 radical (unpaired) electrons. The Morgan fingerprint density at radius 1 is 1.56 bits per heavy atom. The third-order valence-corrected chi connectivity index (χ3v) is 3.59. The van der Waals surface area contributed by atoms with Gasteiger partial charge in [-0.15, -0.1) is 0 Å². The summed E-state index contributed by atoms with van der Waals surface area (Å²) in [5, 5.41) is 18.3. The molecule has 2 rings (SSSR count). The predicted molar refractivity (Wildman–Crippen MR) is 74.5 cm³/mol. The second-order valence-corrected chi connectivity index (χ2v) is 5.48. The fourth-order valence-corrected chi connectivity index (χ4v) is 2.74. The molecular formula is C13H18ClN3O. The topological polar surface area (TPSA) is 73.3 Å². The van der Waals surface area contributed by atoms with Gasteiger partial charge >= 0.3 is 0 Å². The van der Waals surface area contributed by atoms with E-state index in [1.54, 1.807) is 6.07 Å². The van der Waals surface area contributed by atoms with E-state index in [1.807, 2.05) is 24.0 Å². The third kappa shape index (κ3) is 2.60. The number of halogens is 1. The molecule has 1 unspecified atom stereocenters. The molecule has 1 fully saturated rings. The van der Waals surface area contributed by atoms with Gasteiger partial charge in [0.15, 0.2) is 0 Å². The Morgan fingerprint density at radius 3 is 2.89 bits per heavy atom. The predicted octanol–water partition coefficient (Wildman–Crippen LogP) is 1.98. The molecule has 1 atom stereocenters. The molecule has 1 aromatic carbocycles. The number of nitrogens with two attached hydrogens (primary N) is 1. The molecule has 0 bridgehead atoms. The summed E-state index contributed by atoms with van der Waals surface area (Å²) in [4.78, 5) is 2.05. The molecule has 0 aromatic heterocycles. The Bertz CT molecular complexity index is 473. The molecule has 5 heteroatoms. The van der Waals surface area contributed by atoms with Crippen LogP contribution in [0.1, 0.15) is 25.3 Å². The van der Waals surface area contributed by atoms with Crippen LogP contribution in [0.25, 0.3) is 0 Å². The number of rotatable bonds is 2. The highest BCUT2D eigenvalue weighted by Crippen LogP contribution is 2.31. The molecule has 4 N–H and O–H groups in total. The fraction of sp³-hybridized carbons (Fsp3) is 0.462. The summed E-state index contributed by atoms with van der Waals surface area (Å²) in [6, 6.07) is 5.46. The maximum absolute atomic E-state index is 10.1. The summed E-state index contributed by atoms with van der Waals surface area (Å²) in [7, 11) is 0. The summed E-state index contributed by atoms with van der Waals surface area (Å²) < 4.78 is 0. The zero-order valence-corrected chi connectivity index (χ0v) is 11.2. The summed E-state index contributed by atoms with van der Waals surface area (Å²) in [5.41, 5.74) is 6.28. The molecule has 0 saturated carbocycles. The average Bonchev–Trinajstić information content (AvgIpc) is 2.26. The molecule has 1 heterocycles. The van der Waals surface area contributed by atoms with E-state index in [0.717, 1.165) is 25.1 Å². The third-order valence-electron chi connectivity index (χ3n) is 3.28. The number of aliphatic hydroxyl groups is 1. The number of hydrogen-bond acceptors (Lipinski definition) is 3. The highest BCUT2D eigenvalue weighted by molar-refractivity contribution is 6.34. The van der Waals surface area contributed by atoms with E-state index in [2.05, 4.69) is 0 Å². The molecule has 18 heavy (non-hydrogen) atoms. The van der Waals surface area contributed by atoms with Crippen LogP contribution in [-0.4, -0.2) is 29.6 Å². The van der Waals surface area contributed by atoms with E-state index >= 15 is 0 Å². The second kappa shape index (κ2) is 4.78. The summed E-state index contributed by atoms with van der Waals surface area (Å²) in [6.45, 7) is 3.21. The highest BCUT2D eigenvalue weighted by Gasteiger charge is 2.30. The van der Waals surface area contributed by atoms with Crippen molar-refractivity contribution in [3.8, 4) is 0 Å². The standard InChI is InChI=1S/C13H18ClN3O/c1-13(18)6-3-7-17(8-13)10-5-2-4-9(14)11(10)12(15)16/h2,4-5,18H,3,6-8H2,1H3,(H3,15,16). The van der Waals surface area contributed by atoms with Gasteiger partial charge in [0.1, 0.15) is 5.84 Å². The van der Waals surface area contributed by atoms with E-state index in [9.17, 15) is 5.11 Å². The highest BCUT2D eigenvalue weighted by atomic mass is 35.5. The maximum atomic E-state index is 10.1. The van der Waals surface area contributed by atoms with Crippen LogP contribution in [0, 0.1) is 5.41 Å². The van der Waals surface area contributed by atoms with Crippen molar-refractivity contribution in [2.45, 2.75) is 25.4 Å². The Balaban J connectivity index is 2.39. The van der Waals surface area contributed by atoms with Crippen LogP contribution < -0.4 is 10.6 Å². The Morgan fingerprint density at radius 2 is 2.28 bits per heavy atom. The van der Waals surface area contributed by atoms with Gasteiger partial charge in [0, 0.05) is 18.8 Å². The lowest BCUT2D eigenvalue weighted by atomic mass is 9.94. The molecule has 0 amide bonds. The van der Waals surface area contributed by atoms with Gasteiger partial charge in [0.25, 0.3) is 0 Å². The van der Waals surface area contributed by atoms with Gasteiger partial charge in [0.05, 0.1) is 16.2 Å². The van der Waals surface area contributed by atoms with Crippen LogP contribution in [0.2, 0.25) is 5.02 Å². The van der Waals surface area contributed by atoms with Crippen molar-refractivity contribution >= 4 is 23.1 Å². The molecular weight excluding hydrogens is 250 g/mol. The van der Waals surface area contributed by atoms with Crippen molar-refractivity contribution < 1.29 is 5.11 Å². The van der Waals surface area contributed by atoms with Gasteiger partial charge in [-0.25, -0.2) is 0 Å². The minimum absolute atomic E-state index is 0.0409. The first kappa shape index (κ1) is 13.2. The van der Waals surface area contributed by atoms with Crippen molar-refractivity contribution in [1.29, 1.82) is 5.41 Å². The summed E-state index contributed by atoms with van der Waals surface area (Å²) in [6.07, 6.45) is 1.70. The fourth-order valence-electron chi connectivity index (χ4n) is 2.47. The van der Waals surface area contributed by atoms with E-state index in [-0.39, 0.29) is 5.84 Å². The van der Waals surface area contributed by atoms with Gasteiger partial charge < -0.3 is 15.7 Å². The molecule has 4 nitrogen and oxygen atoms in total. The number of hydrogen-bond donors (Lipinski definition) is 3. The summed E-state index contributed by atoms with van der Waals surface area (Å²) >= 11 is 6.10. The number of nitrogens with zero attached hydrogens (tertiary/aromatic N) is 1. The Hall–Kier alpha value is -1.26. The quantitative estimate of drug-likeness (QED) is 0.567. The van der Waals surface area contributed by atoms with Crippen molar-refractivity contribution in [1.82, 2.24) is 0 Å². The number of benzene rings is 1. The number of piperidine rings is 1. The van der Waals surface area contributed by atoms with Crippen molar-refractivity contribution in [3.05, 3.63) is 28.8 Å². The van der Waals surface area contributed by atoms with Gasteiger partial charge in [0.2, 0.25) is 0 Å². The molecule has 1 aliphatic rings. The molecule has 0 aliphatic carbocycles. The number of β-amino-alcohol motifs (C(OH)–C–C–N with tert-alkyl or cyclic N) is 1. The summed E-state index contributed by atoms with van der Waals surface area (Å²) in [5.74, 6) is -0.0409. The largest absolute Gasteiger partial charge is 0.388 e. The lowest BCUT2D eigenvalue weighted by molar-refractivity contribution is 0.0449. The molecule has 1 saturated heterocycles. The number of amidine groups is 1. The monoisotopic (exact) mass is 267 g/mol. The van der Waals surface area contributed by atoms with Crippen LogP contribution in [0.4, 0.5) is 5.69 Å². The zero-order chi connectivity index (χ0) is 13.3. The molecule has 1 aromatic rings. The van der Waals surface area contributed by atoms with E-state index < -0.39 is 5.60 Å². The number of anilines is 1. The van der Waals surface area contributed by atoms with E-state index in [4.69, 9.17) is 22.7 Å². The van der Waals surface area contributed by atoms with Crippen molar-refractivity contribution in [2.75, 3.05) is 18.0 Å². The van der Waals surface area contributed by atoms with E-state index in [1.165, 1.54) is 0 Å². The maximum Gasteiger partial charge on any atom is 0.126 e. The van der Waals surface area contributed by atoms with Gasteiger partial charge in [-0.05, 0) is 31.9 Å². The lowest BCUT2D eigenvalue weighted by Crippen LogP contribution is -2.46. The average molecular weight is 268 g/mol. The minimum atomic E-state index is -0.700. The van der Waals surface area contributed by atoms with E-state index in [0.29, 0.717) is 17.1 Å². The van der Waals surface area contributed by atoms with Crippen LogP contribution in [-0.2, 0) is 0 Å². The Labute approximate surface area is 112 Å². The van der Waals surface area contributed by atoms with Gasteiger partial charge in [-0.3, -0.25) is 5.41 Å². The first-order valence-corrected chi connectivity index (χ1v) is 6.39. The van der Waals surface area contributed by atoms with Crippen LogP contribution in [0.15, 0.2) is 18.2 Å². The van der Waals surface area contributed by atoms with Crippen LogP contribution in [0.3, 0.4) is 0 Å². The first-order valence-electron chi connectivity index (χ1n) is 6.01. The number of nitrogens with one attached hydrogen (secondary N) is 1. The van der Waals surface area contributed by atoms with Crippen LogP contribution >= 0.6 is 11.6 Å². The Kier molecular flexibility index (Phi) is 3.50. The van der Waals surface area contributed by atoms with Crippen LogP contribution in [0.5, 0.6) is 0 Å². The van der Waals surface area contributed by atoms with Gasteiger partial charge in [-0.1, -0.05) is 17.7 Å². The number of nitrogen functional groups attached to an aromatic ring is 1. The zero-order valence-electron chi connectivity index (χ0n) is 10.4. The van der Waals surface area contributed by atoms with Crippen molar-refractivity contribution in [2.24, 2.45) is 5.73 Å². The normalized spacial score (nSPS) is 24.1. The van der Waals surface area contributed by atoms with Crippen molar-refractivity contribution in [3.63, 3.8) is 0 Å². The lowest BCUT2D eigenvalue weighted by Gasteiger charge is -2.39. The second-order valence-electron chi connectivity index (χ2n) is 5.07. The minimum Gasteiger partial charge on any atom is -0.388 e. The SMILES string of the molecule is CC1(O)CCCN(c2cccc(Cl)c2C(=N)N)C1. The first-order chi connectivity index (χ1) is 8.41. The molecule has 98 valence electrons. The molecule has 1 aliphatic heterocycles. The molecule has 0 spiro atoms. The smallest absolute Gasteiger partial charge is 0.126 e.